The van der Waals surface area contributed by atoms with Gasteiger partial charge in [0.05, 0.1) is 11.9 Å². The van der Waals surface area contributed by atoms with Crippen LogP contribution in [0, 0.1) is 0 Å². The largest absolute Gasteiger partial charge is 0.277 e. The predicted molar refractivity (Wildman–Crippen MR) is 73.6 cm³/mol. The first-order valence-electron chi connectivity index (χ1n) is 5.83. The number of aromatic nitrogens is 2. The van der Waals surface area contributed by atoms with Crippen LogP contribution >= 0.6 is 11.8 Å². The summed E-state index contributed by atoms with van der Waals surface area (Å²) in [4.78, 5) is 2.55. The second-order valence-electron chi connectivity index (χ2n) is 4.25. The Morgan fingerprint density at radius 2 is 1.44 bits per heavy atom. The Bertz CT molecular complexity index is 671. The number of hydrogen-bond donors (Lipinski definition) is 1. The van der Waals surface area contributed by atoms with Gasteiger partial charge in [-0.3, -0.25) is 5.10 Å². The molecule has 2 nitrogen and oxygen atoms in total. The van der Waals surface area contributed by atoms with E-state index in [2.05, 4.69) is 58.7 Å². The van der Waals surface area contributed by atoms with Gasteiger partial charge in [0.2, 0.25) is 0 Å². The van der Waals surface area contributed by atoms with Gasteiger partial charge in [-0.15, -0.1) is 0 Å². The maximum Gasteiger partial charge on any atom is 0.0740 e. The molecule has 1 N–H and O–H groups in total. The van der Waals surface area contributed by atoms with Gasteiger partial charge in [0.1, 0.15) is 0 Å². The minimum atomic E-state index is 1.11. The Hall–Kier alpha value is -2.00. The van der Waals surface area contributed by atoms with Crippen LogP contribution in [-0.2, 0) is 0 Å². The molecular weight excluding hydrogens is 240 g/mol. The summed E-state index contributed by atoms with van der Waals surface area (Å²) in [5.41, 5.74) is 4.78. The summed E-state index contributed by atoms with van der Waals surface area (Å²) >= 11 is 1.82. The lowest BCUT2D eigenvalue weighted by atomic mass is 10.0. The molecule has 0 aliphatic carbocycles. The molecule has 1 aromatic heterocycles. The van der Waals surface area contributed by atoms with Crippen molar-refractivity contribution in [1.29, 1.82) is 0 Å². The van der Waals surface area contributed by atoms with E-state index in [1.54, 1.807) is 0 Å². The maximum atomic E-state index is 4.21. The fourth-order valence-corrected chi connectivity index (χ4v) is 3.45. The third-order valence-electron chi connectivity index (χ3n) is 3.19. The van der Waals surface area contributed by atoms with Crippen molar-refractivity contribution in [3.05, 3.63) is 54.7 Å². The summed E-state index contributed by atoms with van der Waals surface area (Å²) < 4.78 is 0. The highest BCUT2D eigenvalue weighted by Crippen LogP contribution is 2.46. The molecular formula is C15H10N2S. The normalized spacial score (nSPS) is 12.2. The molecule has 1 aliphatic rings. The summed E-state index contributed by atoms with van der Waals surface area (Å²) in [6, 6.07) is 16.9. The first-order chi connectivity index (χ1) is 8.93. The molecule has 0 bridgehead atoms. The van der Waals surface area contributed by atoms with Gasteiger partial charge in [0.25, 0.3) is 0 Å². The molecule has 2 heterocycles. The summed E-state index contributed by atoms with van der Waals surface area (Å²) in [7, 11) is 0. The van der Waals surface area contributed by atoms with Gasteiger partial charge in [0.15, 0.2) is 0 Å². The molecule has 0 radical (unpaired) electrons. The highest BCUT2D eigenvalue weighted by Gasteiger charge is 2.20. The summed E-state index contributed by atoms with van der Waals surface area (Å²) in [6.45, 7) is 0. The number of aromatic amines is 1. The molecule has 0 saturated heterocycles. The predicted octanol–water partition coefficient (Wildman–Crippen LogP) is 4.21. The Balaban J connectivity index is 2.12. The lowest BCUT2D eigenvalue weighted by molar-refractivity contribution is 1.09. The molecule has 4 rings (SSSR count). The zero-order valence-electron chi connectivity index (χ0n) is 9.55. The van der Waals surface area contributed by atoms with Gasteiger partial charge in [0, 0.05) is 20.9 Å². The first-order valence-corrected chi connectivity index (χ1v) is 6.65. The van der Waals surface area contributed by atoms with Crippen molar-refractivity contribution in [3.8, 4) is 22.4 Å². The van der Waals surface area contributed by atoms with Gasteiger partial charge in [-0.25, -0.2) is 0 Å². The smallest absolute Gasteiger partial charge is 0.0740 e. The second kappa shape index (κ2) is 3.75. The van der Waals surface area contributed by atoms with Crippen LogP contribution in [0.25, 0.3) is 22.4 Å². The standard InChI is InChI=1S/C15H10N2S/c1-3-7-13-10(5-1)12-9-16-17-15(12)11-6-2-4-8-14(11)18-13/h1-9H,(H,16,17). The molecule has 0 spiro atoms. The minimum Gasteiger partial charge on any atom is -0.277 e. The summed E-state index contributed by atoms with van der Waals surface area (Å²) in [5, 5.41) is 7.34. The highest BCUT2D eigenvalue weighted by atomic mass is 32.2. The monoisotopic (exact) mass is 250 g/mol. The van der Waals surface area contributed by atoms with Crippen LogP contribution in [0.1, 0.15) is 0 Å². The van der Waals surface area contributed by atoms with Gasteiger partial charge < -0.3 is 0 Å². The summed E-state index contributed by atoms with van der Waals surface area (Å²) in [6.07, 6.45) is 1.91. The van der Waals surface area contributed by atoms with Crippen molar-refractivity contribution in [2.24, 2.45) is 0 Å². The van der Waals surface area contributed by atoms with E-state index < -0.39 is 0 Å². The Kier molecular flexibility index (Phi) is 2.08. The SMILES string of the molecule is c1ccc2c(c1)Sc1ccccc1-c1[nH]ncc1-2. The van der Waals surface area contributed by atoms with Gasteiger partial charge in [-0.1, -0.05) is 48.2 Å². The zero-order valence-corrected chi connectivity index (χ0v) is 10.4. The van der Waals surface area contributed by atoms with Crippen LogP contribution in [0.15, 0.2) is 64.5 Å². The van der Waals surface area contributed by atoms with Crippen LogP contribution in [0.5, 0.6) is 0 Å². The van der Waals surface area contributed by atoms with Crippen LogP contribution in [0.2, 0.25) is 0 Å². The van der Waals surface area contributed by atoms with Crippen molar-refractivity contribution < 1.29 is 0 Å². The third-order valence-corrected chi connectivity index (χ3v) is 4.34. The number of nitrogens with zero attached hydrogens (tertiary/aromatic N) is 1. The van der Waals surface area contributed by atoms with Gasteiger partial charge >= 0.3 is 0 Å². The van der Waals surface area contributed by atoms with Crippen LogP contribution in [-0.4, -0.2) is 10.2 Å². The molecule has 18 heavy (non-hydrogen) atoms. The second-order valence-corrected chi connectivity index (χ2v) is 5.34. The number of fused-ring (bicyclic) bond motifs is 5. The van der Waals surface area contributed by atoms with E-state index in [9.17, 15) is 0 Å². The molecule has 3 aromatic rings. The molecule has 0 unspecified atom stereocenters. The number of nitrogens with one attached hydrogen (secondary N) is 1. The van der Waals surface area contributed by atoms with Crippen molar-refractivity contribution in [3.63, 3.8) is 0 Å². The average molecular weight is 250 g/mol. The number of H-pyrrole nitrogens is 1. The number of benzene rings is 2. The van der Waals surface area contributed by atoms with Crippen molar-refractivity contribution in [2.75, 3.05) is 0 Å². The topological polar surface area (TPSA) is 28.7 Å². The van der Waals surface area contributed by atoms with Crippen molar-refractivity contribution in [2.45, 2.75) is 9.79 Å². The Labute approximate surface area is 109 Å². The number of hydrogen-bond acceptors (Lipinski definition) is 2. The van der Waals surface area contributed by atoms with E-state index in [0.717, 1.165) is 5.69 Å². The maximum absolute atomic E-state index is 4.21. The van der Waals surface area contributed by atoms with E-state index in [1.165, 1.54) is 26.5 Å². The van der Waals surface area contributed by atoms with Crippen LogP contribution in [0.3, 0.4) is 0 Å². The lowest BCUT2D eigenvalue weighted by Crippen LogP contribution is -1.81. The quantitative estimate of drug-likeness (QED) is 0.506. The van der Waals surface area contributed by atoms with E-state index in [-0.39, 0.29) is 0 Å². The fraction of sp³-hybridized carbons (Fsp3) is 0. The Morgan fingerprint density at radius 1 is 0.778 bits per heavy atom. The first kappa shape index (κ1) is 9.97. The molecule has 0 amide bonds. The molecule has 0 fully saturated rings. The molecule has 2 aromatic carbocycles. The number of rotatable bonds is 0. The average Bonchev–Trinajstić information content (AvgIpc) is 2.84. The zero-order chi connectivity index (χ0) is 11.9. The molecule has 0 atom stereocenters. The molecule has 0 saturated carbocycles. The third kappa shape index (κ3) is 1.34. The highest BCUT2D eigenvalue weighted by molar-refractivity contribution is 7.99. The van der Waals surface area contributed by atoms with Crippen LogP contribution < -0.4 is 0 Å². The lowest BCUT2D eigenvalue weighted by Gasteiger charge is -2.04. The van der Waals surface area contributed by atoms with Gasteiger partial charge in [-0.05, 0) is 17.7 Å². The summed E-state index contributed by atoms with van der Waals surface area (Å²) in [5.74, 6) is 0. The Morgan fingerprint density at radius 3 is 2.28 bits per heavy atom. The van der Waals surface area contributed by atoms with Crippen LogP contribution in [0.4, 0.5) is 0 Å². The molecule has 86 valence electrons. The minimum absolute atomic E-state index is 1.11. The van der Waals surface area contributed by atoms with E-state index >= 15 is 0 Å². The van der Waals surface area contributed by atoms with Crippen molar-refractivity contribution in [1.82, 2.24) is 10.2 Å². The van der Waals surface area contributed by atoms with Crippen molar-refractivity contribution >= 4 is 11.8 Å². The molecule has 3 heteroatoms. The molecule has 1 aliphatic heterocycles. The van der Waals surface area contributed by atoms with E-state index in [0.29, 0.717) is 0 Å². The van der Waals surface area contributed by atoms with Gasteiger partial charge in [-0.2, -0.15) is 5.10 Å². The fourth-order valence-electron chi connectivity index (χ4n) is 2.35. The van der Waals surface area contributed by atoms with E-state index in [1.807, 2.05) is 18.0 Å². The van der Waals surface area contributed by atoms with E-state index in [4.69, 9.17) is 0 Å².